The molecule has 1 aliphatic heterocycles. The van der Waals surface area contributed by atoms with Crippen LogP contribution in [-0.2, 0) is 14.3 Å². The molecule has 1 N–H and O–H groups in total. The number of thioether (sulfide) groups is 1. The first kappa shape index (κ1) is 11.4. The zero-order valence-electron chi connectivity index (χ0n) is 8.41. The second-order valence-corrected chi connectivity index (χ2v) is 4.30. The van der Waals surface area contributed by atoms with Gasteiger partial charge >= 0.3 is 5.97 Å². The van der Waals surface area contributed by atoms with E-state index in [1.165, 1.54) is 11.8 Å². The van der Waals surface area contributed by atoms with Gasteiger partial charge < -0.3 is 10.1 Å². The summed E-state index contributed by atoms with van der Waals surface area (Å²) in [6, 6.07) is 0. The fourth-order valence-corrected chi connectivity index (χ4v) is 1.72. The van der Waals surface area contributed by atoms with E-state index >= 15 is 0 Å². The van der Waals surface area contributed by atoms with Crippen LogP contribution >= 0.6 is 11.8 Å². The van der Waals surface area contributed by atoms with Gasteiger partial charge in [0.15, 0.2) is 0 Å². The minimum Gasteiger partial charge on any atom is -0.460 e. The van der Waals surface area contributed by atoms with Crippen molar-refractivity contribution >= 4 is 23.6 Å². The molecule has 0 aromatic rings. The van der Waals surface area contributed by atoms with Crippen molar-refractivity contribution in [3.63, 3.8) is 0 Å². The van der Waals surface area contributed by atoms with Crippen LogP contribution in [0.5, 0.6) is 0 Å². The lowest BCUT2D eigenvalue weighted by Crippen LogP contribution is -2.33. The number of hydrogen-bond acceptors (Lipinski definition) is 4. The Hall–Kier alpha value is -0.710. The Morgan fingerprint density at radius 2 is 2.43 bits per heavy atom. The van der Waals surface area contributed by atoms with E-state index in [2.05, 4.69) is 5.32 Å². The van der Waals surface area contributed by atoms with Crippen LogP contribution < -0.4 is 5.32 Å². The van der Waals surface area contributed by atoms with Gasteiger partial charge in [-0.15, -0.1) is 0 Å². The predicted octanol–water partition coefficient (Wildman–Crippen LogP) is 0.417. The van der Waals surface area contributed by atoms with Crippen LogP contribution in [0.1, 0.15) is 13.3 Å². The highest BCUT2D eigenvalue weighted by Crippen LogP contribution is 2.19. The first-order chi connectivity index (χ1) is 6.63. The maximum atomic E-state index is 11.1. The van der Waals surface area contributed by atoms with Crippen LogP contribution in [0.3, 0.4) is 0 Å². The first-order valence-corrected chi connectivity index (χ1v) is 5.99. The average Bonchev–Trinajstić information content (AvgIpc) is 2.44. The minimum atomic E-state index is -0.158. The molecule has 1 aliphatic rings. The number of cyclic esters (lactones) is 1. The summed E-state index contributed by atoms with van der Waals surface area (Å²) in [5, 5.41) is 2.73. The van der Waals surface area contributed by atoms with Crippen molar-refractivity contribution in [2.45, 2.75) is 19.4 Å². The van der Waals surface area contributed by atoms with Gasteiger partial charge in [-0.2, -0.15) is 11.8 Å². The van der Waals surface area contributed by atoms with Crippen LogP contribution in [0.15, 0.2) is 0 Å². The third kappa shape index (κ3) is 3.21. The topological polar surface area (TPSA) is 55.4 Å². The van der Waals surface area contributed by atoms with Crippen LogP contribution in [0.25, 0.3) is 0 Å². The Morgan fingerprint density at radius 3 is 2.93 bits per heavy atom. The molecule has 14 heavy (non-hydrogen) atoms. The van der Waals surface area contributed by atoms with Gasteiger partial charge in [0.25, 0.3) is 0 Å². The highest BCUT2D eigenvalue weighted by molar-refractivity contribution is 7.99. The number of rotatable bonds is 4. The molecule has 4 nitrogen and oxygen atoms in total. The number of nitrogens with one attached hydrogen (secondary N) is 1. The van der Waals surface area contributed by atoms with E-state index in [1.807, 2.05) is 13.2 Å². The predicted molar refractivity (Wildman–Crippen MR) is 55.1 cm³/mol. The number of amides is 1. The van der Waals surface area contributed by atoms with Crippen molar-refractivity contribution in [1.29, 1.82) is 0 Å². The molecular weight excluding hydrogens is 202 g/mol. The molecule has 0 bridgehead atoms. The van der Waals surface area contributed by atoms with E-state index in [0.717, 1.165) is 0 Å². The SMILES string of the molecule is CSCC(=O)NCC1CC(C)C(=O)O1. The maximum Gasteiger partial charge on any atom is 0.309 e. The molecule has 1 heterocycles. The van der Waals surface area contributed by atoms with Crippen molar-refractivity contribution in [3.05, 3.63) is 0 Å². The van der Waals surface area contributed by atoms with Crippen LogP contribution in [0.4, 0.5) is 0 Å². The highest BCUT2D eigenvalue weighted by atomic mass is 32.2. The van der Waals surface area contributed by atoms with Crippen LogP contribution in [-0.4, -0.2) is 36.5 Å². The van der Waals surface area contributed by atoms with E-state index in [-0.39, 0.29) is 23.9 Å². The standard InChI is InChI=1S/C9H15NO3S/c1-6-3-7(13-9(6)12)4-10-8(11)5-14-2/h6-7H,3-5H2,1-2H3,(H,10,11). The molecule has 80 valence electrons. The molecule has 1 fully saturated rings. The summed E-state index contributed by atoms with van der Waals surface area (Å²) in [6.07, 6.45) is 2.44. The first-order valence-electron chi connectivity index (χ1n) is 4.59. The fourth-order valence-electron chi connectivity index (χ4n) is 1.35. The summed E-state index contributed by atoms with van der Waals surface area (Å²) in [7, 11) is 0. The number of carbonyl (C=O) groups excluding carboxylic acids is 2. The van der Waals surface area contributed by atoms with Gasteiger partial charge in [0.1, 0.15) is 6.10 Å². The molecule has 0 spiro atoms. The summed E-state index contributed by atoms with van der Waals surface area (Å²) in [5.41, 5.74) is 0. The molecule has 2 atom stereocenters. The van der Waals surface area contributed by atoms with Crippen molar-refractivity contribution in [2.24, 2.45) is 5.92 Å². The quantitative estimate of drug-likeness (QED) is 0.693. The number of esters is 1. The average molecular weight is 217 g/mol. The molecular formula is C9H15NO3S. The normalized spacial score (nSPS) is 26.0. The Balaban J connectivity index is 2.20. The van der Waals surface area contributed by atoms with Gasteiger partial charge in [-0.25, -0.2) is 0 Å². The third-order valence-corrected chi connectivity index (χ3v) is 2.65. The Labute approximate surface area is 87.8 Å². The van der Waals surface area contributed by atoms with Crippen LogP contribution in [0.2, 0.25) is 0 Å². The molecule has 5 heteroatoms. The van der Waals surface area contributed by atoms with E-state index in [1.54, 1.807) is 0 Å². The molecule has 1 saturated heterocycles. The van der Waals surface area contributed by atoms with Gasteiger partial charge in [0.05, 0.1) is 18.2 Å². The lowest BCUT2D eigenvalue weighted by Gasteiger charge is -2.09. The number of carbonyl (C=O) groups is 2. The van der Waals surface area contributed by atoms with Crippen molar-refractivity contribution < 1.29 is 14.3 Å². The summed E-state index contributed by atoms with van der Waals surface area (Å²) in [5.74, 6) is 0.260. The fraction of sp³-hybridized carbons (Fsp3) is 0.778. The molecule has 0 aliphatic carbocycles. The van der Waals surface area contributed by atoms with E-state index in [9.17, 15) is 9.59 Å². The second-order valence-electron chi connectivity index (χ2n) is 3.43. The van der Waals surface area contributed by atoms with Gasteiger partial charge in [-0.05, 0) is 12.7 Å². The summed E-state index contributed by atoms with van der Waals surface area (Å²) >= 11 is 1.47. The molecule has 1 amide bonds. The summed E-state index contributed by atoms with van der Waals surface area (Å²) in [4.78, 5) is 22.1. The summed E-state index contributed by atoms with van der Waals surface area (Å²) < 4.78 is 5.04. The number of ether oxygens (including phenoxy) is 1. The zero-order chi connectivity index (χ0) is 10.6. The van der Waals surface area contributed by atoms with E-state index in [4.69, 9.17) is 4.74 Å². The van der Waals surface area contributed by atoms with Gasteiger partial charge in [0.2, 0.25) is 5.91 Å². The smallest absolute Gasteiger partial charge is 0.309 e. The van der Waals surface area contributed by atoms with Gasteiger partial charge in [-0.3, -0.25) is 9.59 Å². The van der Waals surface area contributed by atoms with E-state index < -0.39 is 0 Å². The zero-order valence-corrected chi connectivity index (χ0v) is 9.23. The van der Waals surface area contributed by atoms with E-state index in [0.29, 0.717) is 18.7 Å². The van der Waals surface area contributed by atoms with Gasteiger partial charge in [0, 0.05) is 0 Å². The Kier molecular flexibility index (Phi) is 4.25. The van der Waals surface area contributed by atoms with Gasteiger partial charge in [-0.1, -0.05) is 6.92 Å². The highest BCUT2D eigenvalue weighted by Gasteiger charge is 2.30. The second kappa shape index (κ2) is 5.24. The lowest BCUT2D eigenvalue weighted by molar-refractivity contribution is -0.144. The molecule has 0 aromatic carbocycles. The third-order valence-electron chi connectivity index (χ3n) is 2.10. The minimum absolute atomic E-state index is 0.00639. The van der Waals surface area contributed by atoms with Crippen molar-refractivity contribution in [3.8, 4) is 0 Å². The maximum absolute atomic E-state index is 11.1. The molecule has 1 rings (SSSR count). The lowest BCUT2D eigenvalue weighted by atomic mass is 10.1. The van der Waals surface area contributed by atoms with Crippen LogP contribution in [0, 0.1) is 5.92 Å². The number of hydrogen-bond donors (Lipinski definition) is 1. The summed E-state index contributed by atoms with van der Waals surface area (Å²) in [6.45, 7) is 2.28. The monoisotopic (exact) mass is 217 g/mol. The Morgan fingerprint density at radius 1 is 1.71 bits per heavy atom. The molecule has 2 unspecified atom stereocenters. The largest absolute Gasteiger partial charge is 0.460 e. The van der Waals surface area contributed by atoms with Crippen molar-refractivity contribution in [2.75, 3.05) is 18.6 Å². The molecule has 0 radical (unpaired) electrons. The molecule has 0 aromatic heterocycles. The molecule has 0 saturated carbocycles. The Bertz CT molecular complexity index is 232. The van der Waals surface area contributed by atoms with Crippen molar-refractivity contribution in [1.82, 2.24) is 5.32 Å².